The molecule has 0 aliphatic carbocycles. The summed E-state index contributed by atoms with van der Waals surface area (Å²) in [6.07, 6.45) is 1.71. The number of hydrogen-bond donors (Lipinski definition) is 2. The molecule has 0 fully saturated rings. The SMILES string of the molecule is Oc1c(Br)cc(/C=N/Nc2ccccc2)cc1I. The lowest BCUT2D eigenvalue weighted by Gasteiger charge is -2.02. The van der Waals surface area contributed by atoms with E-state index in [1.54, 1.807) is 6.21 Å². The maximum atomic E-state index is 9.62. The average molecular weight is 417 g/mol. The predicted octanol–water partition coefficient (Wildman–Crippen LogP) is 4.21. The minimum Gasteiger partial charge on any atom is -0.506 e. The van der Waals surface area contributed by atoms with Gasteiger partial charge in [0.2, 0.25) is 0 Å². The molecule has 0 unspecified atom stereocenters. The number of anilines is 1. The van der Waals surface area contributed by atoms with Crippen LogP contribution >= 0.6 is 38.5 Å². The van der Waals surface area contributed by atoms with Crippen LogP contribution in [0, 0.1) is 3.57 Å². The van der Waals surface area contributed by atoms with E-state index in [0.29, 0.717) is 4.47 Å². The van der Waals surface area contributed by atoms with Gasteiger partial charge in [0.25, 0.3) is 0 Å². The minimum absolute atomic E-state index is 0.253. The molecule has 0 spiro atoms. The second kappa shape index (κ2) is 6.19. The zero-order valence-corrected chi connectivity index (χ0v) is 13.0. The lowest BCUT2D eigenvalue weighted by Crippen LogP contribution is -1.91. The number of para-hydroxylation sites is 1. The van der Waals surface area contributed by atoms with E-state index < -0.39 is 0 Å². The number of halogens is 2. The van der Waals surface area contributed by atoms with Gasteiger partial charge in [0.1, 0.15) is 5.75 Å². The first kappa shape index (κ1) is 13.4. The van der Waals surface area contributed by atoms with Crippen molar-refractivity contribution in [3.8, 4) is 5.75 Å². The number of hydrazone groups is 1. The topological polar surface area (TPSA) is 44.6 Å². The Kier molecular flexibility index (Phi) is 4.60. The molecular weight excluding hydrogens is 407 g/mol. The van der Waals surface area contributed by atoms with E-state index in [1.807, 2.05) is 42.5 Å². The smallest absolute Gasteiger partial charge is 0.143 e. The van der Waals surface area contributed by atoms with Crippen LogP contribution in [-0.2, 0) is 0 Å². The first-order chi connectivity index (χ1) is 8.66. The van der Waals surface area contributed by atoms with Crippen LogP contribution in [-0.4, -0.2) is 11.3 Å². The molecule has 2 aromatic carbocycles. The standard InChI is InChI=1S/C13H10BrIN2O/c14-11-6-9(7-12(15)13(11)18)8-16-17-10-4-2-1-3-5-10/h1-8,17-18H/b16-8+. The number of aromatic hydroxyl groups is 1. The van der Waals surface area contributed by atoms with Gasteiger partial charge in [-0.25, -0.2) is 0 Å². The van der Waals surface area contributed by atoms with Crippen LogP contribution in [0.1, 0.15) is 5.56 Å². The number of phenolic OH excluding ortho intramolecular Hbond substituents is 1. The Hall–Kier alpha value is -1.08. The lowest BCUT2D eigenvalue weighted by atomic mass is 10.2. The van der Waals surface area contributed by atoms with Crippen molar-refractivity contribution in [2.45, 2.75) is 0 Å². The molecule has 0 heterocycles. The van der Waals surface area contributed by atoms with Gasteiger partial charge >= 0.3 is 0 Å². The first-order valence-corrected chi connectivity index (χ1v) is 7.06. The maximum absolute atomic E-state index is 9.62. The average Bonchev–Trinajstić information content (AvgIpc) is 2.37. The summed E-state index contributed by atoms with van der Waals surface area (Å²) >= 11 is 5.37. The normalized spacial score (nSPS) is 10.8. The van der Waals surface area contributed by atoms with Crippen molar-refractivity contribution in [1.82, 2.24) is 0 Å². The van der Waals surface area contributed by atoms with Crippen LogP contribution < -0.4 is 5.43 Å². The van der Waals surface area contributed by atoms with Crippen molar-refractivity contribution in [1.29, 1.82) is 0 Å². The summed E-state index contributed by atoms with van der Waals surface area (Å²) in [7, 11) is 0. The highest BCUT2D eigenvalue weighted by molar-refractivity contribution is 14.1. The van der Waals surface area contributed by atoms with Crippen LogP contribution in [0.15, 0.2) is 52.0 Å². The van der Waals surface area contributed by atoms with Crippen molar-refractivity contribution in [3.05, 3.63) is 56.1 Å². The molecule has 0 aliphatic heterocycles. The van der Waals surface area contributed by atoms with E-state index in [0.717, 1.165) is 14.8 Å². The molecule has 0 radical (unpaired) electrons. The van der Waals surface area contributed by atoms with E-state index in [9.17, 15) is 5.11 Å². The maximum Gasteiger partial charge on any atom is 0.143 e. The first-order valence-electron chi connectivity index (χ1n) is 5.19. The van der Waals surface area contributed by atoms with Crippen LogP contribution in [0.2, 0.25) is 0 Å². The summed E-state index contributed by atoms with van der Waals surface area (Å²) in [5, 5.41) is 13.8. The molecule has 0 saturated heterocycles. The molecule has 5 heteroatoms. The van der Waals surface area contributed by atoms with Crippen molar-refractivity contribution >= 4 is 50.4 Å². The Labute approximate surface area is 127 Å². The fraction of sp³-hybridized carbons (Fsp3) is 0. The van der Waals surface area contributed by atoms with E-state index in [4.69, 9.17) is 0 Å². The van der Waals surface area contributed by atoms with E-state index >= 15 is 0 Å². The number of nitrogens with zero attached hydrogens (tertiary/aromatic N) is 1. The van der Waals surface area contributed by atoms with E-state index in [2.05, 4.69) is 49.0 Å². The van der Waals surface area contributed by atoms with Crippen molar-refractivity contribution in [3.63, 3.8) is 0 Å². The van der Waals surface area contributed by atoms with Crippen LogP contribution in [0.4, 0.5) is 5.69 Å². The Morgan fingerprint density at radius 2 is 1.94 bits per heavy atom. The highest BCUT2D eigenvalue weighted by atomic mass is 127. The second-order valence-corrected chi connectivity index (χ2v) is 5.59. The molecule has 2 N–H and O–H groups in total. The number of nitrogens with one attached hydrogen (secondary N) is 1. The number of rotatable bonds is 3. The third kappa shape index (κ3) is 3.46. The fourth-order valence-electron chi connectivity index (χ4n) is 1.35. The third-order valence-corrected chi connectivity index (χ3v) is 3.65. The van der Waals surface area contributed by atoms with Gasteiger partial charge in [-0.05, 0) is 68.3 Å². The van der Waals surface area contributed by atoms with Gasteiger partial charge in [-0.1, -0.05) is 18.2 Å². The molecule has 0 saturated carbocycles. The summed E-state index contributed by atoms with van der Waals surface area (Å²) in [6, 6.07) is 13.4. The Morgan fingerprint density at radius 1 is 1.22 bits per heavy atom. The van der Waals surface area contributed by atoms with E-state index in [-0.39, 0.29) is 5.75 Å². The molecule has 0 aromatic heterocycles. The van der Waals surface area contributed by atoms with Crippen molar-refractivity contribution in [2.75, 3.05) is 5.43 Å². The van der Waals surface area contributed by atoms with Gasteiger partial charge < -0.3 is 5.11 Å². The highest BCUT2D eigenvalue weighted by Gasteiger charge is 2.04. The molecule has 2 rings (SSSR count). The summed E-state index contributed by atoms with van der Waals surface area (Å²) in [6.45, 7) is 0. The molecule has 0 amide bonds. The van der Waals surface area contributed by atoms with Gasteiger partial charge in [0.15, 0.2) is 0 Å². The fourth-order valence-corrected chi connectivity index (χ4v) is 2.85. The molecular formula is C13H10BrIN2O. The molecule has 2 aromatic rings. The van der Waals surface area contributed by atoms with Gasteiger partial charge in [0, 0.05) is 0 Å². The summed E-state index contributed by atoms with van der Waals surface area (Å²) < 4.78 is 1.44. The van der Waals surface area contributed by atoms with Crippen molar-refractivity contribution in [2.24, 2.45) is 5.10 Å². The monoisotopic (exact) mass is 416 g/mol. The van der Waals surface area contributed by atoms with Crippen LogP contribution in [0.3, 0.4) is 0 Å². The van der Waals surface area contributed by atoms with Crippen LogP contribution in [0.5, 0.6) is 5.75 Å². The summed E-state index contributed by atoms with van der Waals surface area (Å²) in [5.74, 6) is 0.253. The summed E-state index contributed by atoms with van der Waals surface area (Å²) in [4.78, 5) is 0. The molecule has 92 valence electrons. The van der Waals surface area contributed by atoms with Gasteiger partial charge in [-0.2, -0.15) is 5.10 Å². The summed E-state index contributed by atoms with van der Waals surface area (Å²) in [5.41, 5.74) is 4.78. The zero-order valence-electron chi connectivity index (χ0n) is 9.27. The van der Waals surface area contributed by atoms with Crippen molar-refractivity contribution < 1.29 is 5.11 Å². The Morgan fingerprint density at radius 3 is 2.61 bits per heavy atom. The number of hydrogen-bond acceptors (Lipinski definition) is 3. The Balaban J connectivity index is 2.10. The van der Waals surface area contributed by atoms with Gasteiger partial charge in [-0.3, -0.25) is 5.43 Å². The quantitative estimate of drug-likeness (QED) is 0.447. The zero-order chi connectivity index (χ0) is 13.0. The van der Waals surface area contributed by atoms with Crippen LogP contribution in [0.25, 0.3) is 0 Å². The Bertz CT molecular complexity index is 549. The molecule has 0 aliphatic rings. The lowest BCUT2D eigenvalue weighted by molar-refractivity contribution is 0.468. The minimum atomic E-state index is 0.253. The molecule has 3 nitrogen and oxygen atoms in total. The third-order valence-electron chi connectivity index (χ3n) is 2.22. The van der Waals surface area contributed by atoms with Gasteiger partial charge in [0.05, 0.1) is 19.9 Å². The largest absolute Gasteiger partial charge is 0.506 e. The van der Waals surface area contributed by atoms with Gasteiger partial charge in [-0.15, -0.1) is 0 Å². The van der Waals surface area contributed by atoms with E-state index in [1.165, 1.54) is 0 Å². The highest BCUT2D eigenvalue weighted by Crippen LogP contribution is 2.29. The molecule has 0 bridgehead atoms. The predicted molar refractivity (Wildman–Crippen MR) is 86.2 cm³/mol. The molecule has 18 heavy (non-hydrogen) atoms. The number of phenols is 1. The molecule has 0 atom stereocenters. The number of benzene rings is 2. The second-order valence-electron chi connectivity index (χ2n) is 3.57.